The van der Waals surface area contributed by atoms with Gasteiger partial charge in [0.05, 0.1) is 4.75 Å². The molecule has 0 saturated heterocycles. The Kier molecular flexibility index (Phi) is 3.09. The maximum Gasteiger partial charge on any atom is 0.214 e. The van der Waals surface area contributed by atoms with Crippen LogP contribution < -0.4 is 9.92 Å². The normalized spacial score (nSPS) is 13.1. The number of primary sulfonamides is 1. The summed E-state index contributed by atoms with van der Waals surface area (Å²) in [7, 11) is -1.49. The molecule has 0 bridgehead atoms. The molecule has 0 unspecified atom stereocenters. The van der Waals surface area contributed by atoms with Gasteiger partial charge in [-0.1, -0.05) is 6.07 Å². The Morgan fingerprint density at radius 1 is 1.50 bits per heavy atom. The fourth-order valence-electron chi connectivity index (χ4n) is 1.10. The van der Waals surface area contributed by atoms with Gasteiger partial charge in [-0.05, 0) is 24.7 Å². The molecule has 1 heterocycles. The third-order valence-electron chi connectivity index (χ3n) is 2.17. The number of nitrogens with two attached hydrogens (primary N) is 1. The van der Waals surface area contributed by atoms with Crippen molar-refractivity contribution in [1.29, 1.82) is 0 Å². The zero-order valence-electron chi connectivity index (χ0n) is 8.57. The third kappa shape index (κ3) is 2.59. The van der Waals surface area contributed by atoms with Crippen LogP contribution in [0.2, 0.25) is 0 Å². The topological polar surface area (TPSA) is 60.2 Å². The quantitative estimate of drug-likeness (QED) is 0.720. The number of thiophene rings is 1. The summed E-state index contributed by atoms with van der Waals surface area (Å²) in [5, 5.41) is 5.14. The van der Waals surface area contributed by atoms with Crippen LogP contribution in [0.1, 0.15) is 18.7 Å². The average Bonchev–Trinajstić information content (AvgIpc) is 2.31. The first kappa shape index (κ1) is 11.7. The van der Waals surface area contributed by atoms with Gasteiger partial charge in [-0.15, -0.1) is 0 Å². The van der Waals surface area contributed by atoms with Gasteiger partial charge >= 0.3 is 0 Å². The highest BCUT2D eigenvalue weighted by Gasteiger charge is 2.31. The van der Waals surface area contributed by atoms with E-state index < -0.39 is 14.8 Å². The minimum absolute atomic E-state index is 0.477. The summed E-state index contributed by atoms with van der Waals surface area (Å²) in [4.78, 5) is 1.06. The van der Waals surface area contributed by atoms with E-state index >= 15 is 0 Å². The summed E-state index contributed by atoms with van der Waals surface area (Å²) in [6.45, 7) is 3.30. The fraction of sp³-hybridized carbons (Fsp3) is 0.500. The minimum Gasteiger partial charge on any atom is -0.228 e. The van der Waals surface area contributed by atoms with Gasteiger partial charge < -0.3 is 0 Å². The molecule has 0 radical (unpaired) electrons. The molecule has 1 aromatic heterocycles. The molecule has 1 rings (SSSR count). The van der Waals surface area contributed by atoms with Crippen molar-refractivity contribution < 1.29 is 8.42 Å². The van der Waals surface area contributed by atoms with E-state index in [4.69, 9.17) is 5.14 Å². The summed E-state index contributed by atoms with van der Waals surface area (Å²) in [6.07, 6.45) is 0.477. The first-order valence-corrected chi connectivity index (χ1v) is 6.66. The first-order chi connectivity index (χ1) is 6.22. The van der Waals surface area contributed by atoms with Crippen LogP contribution in [0.25, 0.3) is 0 Å². The maximum absolute atomic E-state index is 11.2. The van der Waals surface area contributed by atoms with Crippen molar-refractivity contribution >= 4 is 34.0 Å². The van der Waals surface area contributed by atoms with Gasteiger partial charge in [0.15, 0.2) is 7.85 Å². The Labute approximate surface area is 89.8 Å². The second kappa shape index (κ2) is 3.68. The molecule has 0 aliphatic rings. The smallest absolute Gasteiger partial charge is 0.214 e. The van der Waals surface area contributed by atoms with E-state index in [-0.39, 0.29) is 0 Å². The number of hydrogen-bond donors (Lipinski definition) is 1. The molecule has 0 aliphatic heterocycles. The highest BCUT2D eigenvalue weighted by Crippen LogP contribution is 2.21. The van der Waals surface area contributed by atoms with Crippen molar-refractivity contribution in [2.45, 2.75) is 25.0 Å². The molecule has 2 N–H and O–H groups in total. The molecular weight excluding hydrogens is 217 g/mol. The monoisotopic (exact) mass is 231 g/mol. The predicted octanol–water partition coefficient (Wildman–Crippen LogP) is -0.384. The third-order valence-corrected chi connectivity index (χ3v) is 4.85. The van der Waals surface area contributed by atoms with E-state index in [2.05, 4.69) is 0 Å². The maximum atomic E-state index is 11.2. The molecule has 0 atom stereocenters. The van der Waals surface area contributed by atoms with Crippen LogP contribution in [0.15, 0.2) is 12.1 Å². The summed E-state index contributed by atoms with van der Waals surface area (Å²) in [6, 6.07) is 3.94. The van der Waals surface area contributed by atoms with Crippen LogP contribution in [0.4, 0.5) is 0 Å². The summed E-state index contributed by atoms with van der Waals surface area (Å²) in [5.41, 5.74) is 0. The van der Waals surface area contributed by atoms with E-state index in [1.165, 1.54) is 4.78 Å². The van der Waals surface area contributed by atoms with E-state index in [0.29, 0.717) is 6.42 Å². The Bertz CT molecular complexity index is 422. The molecular formula is C8H14BNO2S2. The van der Waals surface area contributed by atoms with Crippen molar-refractivity contribution in [1.82, 2.24) is 0 Å². The van der Waals surface area contributed by atoms with Crippen LogP contribution >= 0.6 is 11.3 Å². The summed E-state index contributed by atoms with van der Waals surface area (Å²) < 4.78 is 22.8. The van der Waals surface area contributed by atoms with Crippen molar-refractivity contribution in [2.75, 3.05) is 0 Å². The van der Waals surface area contributed by atoms with Crippen LogP contribution in [0.3, 0.4) is 0 Å². The van der Waals surface area contributed by atoms with Crippen LogP contribution in [0, 0.1) is 0 Å². The first-order valence-electron chi connectivity index (χ1n) is 4.30. The average molecular weight is 231 g/mol. The lowest BCUT2D eigenvalue weighted by Crippen LogP contribution is -2.39. The highest BCUT2D eigenvalue weighted by atomic mass is 32.2. The summed E-state index contributed by atoms with van der Waals surface area (Å²) >= 11 is 1.61. The lowest BCUT2D eigenvalue weighted by molar-refractivity contribution is 0.547. The van der Waals surface area contributed by atoms with E-state index in [1.807, 2.05) is 20.0 Å². The molecule has 0 spiro atoms. The molecule has 0 amide bonds. The van der Waals surface area contributed by atoms with Gasteiger partial charge in [0.1, 0.15) is 0 Å². The molecule has 14 heavy (non-hydrogen) atoms. The van der Waals surface area contributed by atoms with Gasteiger partial charge in [0, 0.05) is 11.3 Å². The van der Waals surface area contributed by atoms with E-state index in [1.54, 1.807) is 25.2 Å². The molecule has 6 heteroatoms. The lowest BCUT2D eigenvalue weighted by Gasteiger charge is -2.20. The van der Waals surface area contributed by atoms with Gasteiger partial charge in [-0.25, -0.2) is 13.6 Å². The molecule has 0 saturated carbocycles. The SMILES string of the molecule is Bc1ccc(CC(C)(C)S(N)(=O)=O)s1. The van der Waals surface area contributed by atoms with Crippen molar-refractivity contribution in [3.05, 3.63) is 17.0 Å². The van der Waals surface area contributed by atoms with Crippen molar-refractivity contribution in [2.24, 2.45) is 5.14 Å². The zero-order chi connectivity index (χ0) is 11.0. The van der Waals surface area contributed by atoms with Crippen molar-refractivity contribution in [3.63, 3.8) is 0 Å². The second-order valence-corrected chi connectivity index (χ2v) is 7.56. The van der Waals surface area contributed by atoms with Crippen LogP contribution in [-0.2, 0) is 16.4 Å². The van der Waals surface area contributed by atoms with E-state index in [0.717, 1.165) is 4.88 Å². The Hall–Kier alpha value is -0.325. The standard InChI is InChI=1S/C8H14BNO2S2/c1-8(2,14(10,11)12)5-6-3-4-7(9)13-6/h3-4H,5,9H2,1-2H3,(H2,10,11,12). The lowest BCUT2D eigenvalue weighted by atomic mass is 10.1. The second-order valence-electron chi connectivity index (χ2n) is 3.99. The minimum atomic E-state index is -3.48. The highest BCUT2D eigenvalue weighted by molar-refractivity contribution is 7.90. The van der Waals surface area contributed by atoms with Gasteiger partial charge in [0.2, 0.25) is 10.0 Å². The Morgan fingerprint density at radius 3 is 2.43 bits per heavy atom. The molecule has 0 fully saturated rings. The van der Waals surface area contributed by atoms with Crippen LogP contribution in [-0.4, -0.2) is 21.0 Å². The number of hydrogen-bond acceptors (Lipinski definition) is 3. The Balaban J connectivity index is 2.89. The van der Waals surface area contributed by atoms with Crippen LogP contribution in [0.5, 0.6) is 0 Å². The van der Waals surface area contributed by atoms with Gasteiger partial charge in [-0.3, -0.25) is 0 Å². The molecule has 78 valence electrons. The largest absolute Gasteiger partial charge is 0.228 e. The molecule has 3 nitrogen and oxygen atoms in total. The predicted molar refractivity (Wildman–Crippen MR) is 63.4 cm³/mol. The van der Waals surface area contributed by atoms with E-state index in [9.17, 15) is 8.42 Å². The number of sulfonamides is 1. The summed E-state index contributed by atoms with van der Waals surface area (Å²) in [5.74, 6) is 0. The Morgan fingerprint density at radius 2 is 2.07 bits per heavy atom. The molecule has 0 aliphatic carbocycles. The zero-order valence-corrected chi connectivity index (χ0v) is 10.2. The van der Waals surface area contributed by atoms with Crippen molar-refractivity contribution in [3.8, 4) is 0 Å². The fourth-order valence-corrected chi connectivity index (χ4v) is 2.67. The molecule has 0 aromatic carbocycles. The van der Waals surface area contributed by atoms with Gasteiger partial charge in [-0.2, -0.15) is 11.3 Å². The molecule has 1 aromatic rings. The van der Waals surface area contributed by atoms with Gasteiger partial charge in [0.25, 0.3) is 0 Å². The number of rotatable bonds is 3.